The smallest absolute Gasteiger partial charge is 0.273 e. The van der Waals surface area contributed by atoms with E-state index in [2.05, 4.69) is 20.2 Å². The molecule has 0 bridgehead atoms. The van der Waals surface area contributed by atoms with Gasteiger partial charge in [0.1, 0.15) is 17.6 Å². The van der Waals surface area contributed by atoms with Gasteiger partial charge in [-0.05, 0) is 17.7 Å². The van der Waals surface area contributed by atoms with Crippen molar-refractivity contribution < 1.29 is 19.0 Å². The first-order valence-electron chi connectivity index (χ1n) is 9.51. The minimum absolute atomic E-state index is 0.114. The second kappa shape index (κ2) is 7.92. The highest BCUT2D eigenvalue weighted by molar-refractivity contribution is 7.22. The van der Waals surface area contributed by atoms with Crippen molar-refractivity contribution in [3.05, 3.63) is 40.4 Å². The van der Waals surface area contributed by atoms with Gasteiger partial charge in [-0.3, -0.25) is 14.2 Å². The Bertz CT molecular complexity index is 1150. The highest BCUT2D eigenvalue weighted by atomic mass is 32.1. The maximum atomic E-state index is 12.8. The number of anilines is 1. The summed E-state index contributed by atoms with van der Waals surface area (Å²) in [4.78, 5) is 36.0. The third-order valence-corrected chi connectivity index (χ3v) is 5.99. The van der Waals surface area contributed by atoms with Crippen LogP contribution in [0.15, 0.2) is 29.3 Å². The van der Waals surface area contributed by atoms with Gasteiger partial charge < -0.3 is 24.4 Å². The van der Waals surface area contributed by atoms with Crippen LogP contribution in [-0.4, -0.2) is 53.5 Å². The molecule has 156 valence electrons. The normalized spacial score (nSPS) is 15.5. The molecule has 30 heavy (non-hydrogen) atoms. The first-order valence-corrected chi connectivity index (χ1v) is 10.3. The summed E-state index contributed by atoms with van der Waals surface area (Å²) in [5.41, 5.74) is 1.02. The number of morpholine rings is 1. The molecule has 1 N–H and O–H groups in total. The molecule has 1 amide bonds. The Hall–Kier alpha value is -3.18. The average molecular weight is 429 g/mol. The Morgan fingerprint density at radius 2 is 2.03 bits per heavy atom. The van der Waals surface area contributed by atoms with Gasteiger partial charge in [0.05, 0.1) is 13.2 Å². The number of carbonyl (C=O) groups excluding carboxylic acids is 1. The molecule has 0 unspecified atom stereocenters. The summed E-state index contributed by atoms with van der Waals surface area (Å²) in [6, 6.07) is 5.49. The van der Waals surface area contributed by atoms with E-state index in [4.69, 9.17) is 14.2 Å². The van der Waals surface area contributed by atoms with Crippen LogP contribution in [0, 0.1) is 0 Å². The van der Waals surface area contributed by atoms with Crippen LogP contribution in [0.25, 0.3) is 10.3 Å². The Morgan fingerprint density at radius 1 is 1.20 bits per heavy atom. The van der Waals surface area contributed by atoms with Crippen molar-refractivity contribution in [3.63, 3.8) is 0 Å². The van der Waals surface area contributed by atoms with Gasteiger partial charge in [0.25, 0.3) is 5.56 Å². The van der Waals surface area contributed by atoms with Crippen LogP contribution in [0.5, 0.6) is 11.5 Å². The van der Waals surface area contributed by atoms with Gasteiger partial charge >= 0.3 is 0 Å². The molecule has 0 atom stereocenters. The van der Waals surface area contributed by atoms with E-state index in [0.717, 1.165) is 23.8 Å². The number of fused-ring (bicyclic) bond motifs is 2. The van der Waals surface area contributed by atoms with Gasteiger partial charge in [0, 0.05) is 19.6 Å². The molecular weight excluding hydrogens is 410 g/mol. The number of benzene rings is 1. The predicted molar refractivity (Wildman–Crippen MR) is 109 cm³/mol. The number of thiazole rings is 1. The average Bonchev–Trinajstić information content (AvgIpc) is 3.42. The van der Waals surface area contributed by atoms with Crippen LogP contribution < -0.4 is 25.2 Å². The van der Waals surface area contributed by atoms with E-state index in [-0.39, 0.29) is 24.8 Å². The zero-order valence-electron chi connectivity index (χ0n) is 16.0. The fourth-order valence-electron chi connectivity index (χ4n) is 3.30. The van der Waals surface area contributed by atoms with Gasteiger partial charge in [-0.15, -0.1) is 0 Å². The highest BCUT2D eigenvalue weighted by Crippen LogP contribution is 2.32. The Balaban J connectivity index is 1.27. The molecule has 2 aliphatic heterocycles. The van der Waals surface area contributed by atoms with Gasteiger partial charge in [-0.25, -0.2) is 4.98 Å². The van der Waals surface area contributed by atoms with Crippen molar-refractivity contribution in [2.24, 2.45) is 0 Å². The number of hydrogen-bond donors (Lipinski definition) is 1. The number of amides is 1. The van der Waals surface area contributed by atoms with E-state index in [1.54, 1.807) is 0 Å². The maximum absolute atomic E-state index is 12.8. The summed E-state index contributed by atoms with van der Waals surface area (Å²) < 4.78 is 17.7. The van der Waals surface area contributed by atoms with E-state index in [0.29, 0.717) is 41.6 Å². The summed E-state index contributed by atoms with van der Waals surface area (Å²) in [5, 5.41) is 3.57. The van der Waals surface area contributed by atoms with E-state index >= 15 is 0 Å². The predicted octanol–water partition coefficient (Wildman–Crippen LogP) is 0.735. The zero-order chi connectivity index (χ0) is 20.5. The van der Waals surface area contributed by atoms with E-state index in [9.17, 15) is 9.59 Å². The largest absolute Gasteiger partial charge is 0.454 e. The van der Waals surface area contributed by atoms with Crippen LogP contribution in [-0.2, 0) is 22.6 Å². The third-order valence-electron chi connectivity index (χ3n) is 4.89. The summed E-state index contributed by atoms with van der Waals surface area (Å²) >= 11 is 1.30. The number of nitrogens with one attached hydrogen (secondary N) is 1. The third kappa shape index (κ3) is 3.68. The van der Waals surface area contributed by atoms with Crippen LogP contribution >= 0.6 is 11.3 Å². The SMILES string of the molecule is O=C(Cn1cnc2nc(N3CCOCC3)sc2c1=O)NCc1ccc2c(c1)OCO2. The molecular formula is C19H19N5O5S. The molecule has 0 aliphatic carbocycles. The number of ether oxygens (including phenoxy) is 3. The molecule has 1 fully saturated rings. The van der Waals surface area contributed by atoms with Gasteiger partial charge in [-0.1, -0.05) is 17.4 Å². The summed E-state index contributed by atoms with van der Waals surface area (Å²) in [5.74, 6) is 1.07. The molecule has 0 saturated carbocycles. The van der Waals surface area contributed by atoms with Crippen molar-refractivity contribution in [2.45, 2.75) is 13.1 Å². The molecule has 0 radical (unpaired) electrons. The lowest BCUT2D eigenvalue weighted by atomic mass is 10.2. The molecule has 4 heterocycles. The lowest BCUT2D eigenvalue weighted by Gasteiger charge is -2.25. The second-order valence-electron chi connectivity index (χ2n) is 6.89. The second-order valence-corrected chi connectivity index (χ2v) is 7.87. The fraction of sp³-hybridized carbons (Fsp3) is 0.368. The first kappa shape index (κ1) is 18.8. The first-order chi connectivity index (χ1) is 14.7. The topological polar surface area (TPSA) is 108 Å². The van der Waals surface area contributed by atoms with Gasteiger partial charge in [0.2, 0.25) is 12.7 Å². The Labute approximate surface area is 175 Å². The maximum Gasteiger partial charge on any atom is 0.273 e. The number of hydrogen-bond acceptors (Lipinski definition) is 9. The van der Waals surface area contributed by atoms with Crippen molar-refractivity contribution in [1.29, 1.82) is 0 Å². The molecule has 11 heteroatoms. The van der Waals surface area contributed by atoms with Crippen molar-refractivity contribution in [3.8, 4) is 11.5 Å². The Morgan fingerprint density at radius 3 is 2.90 bits per heavy atom. The van der Waals surface area contributed by atoms with Crippen molar-refractivity contribution >= 4 is 32.7 Å². The van der Waals surface area contributed by atoms with Gasteiger partial charge in [-0.2, -0.15) is 4.98 Å². The molecule has 1 saturated heterocycles. The Kier molecular flexibility index (Phi) is 4.97. The molecule has 2 aromatic heterocycles. The van der Waals surface area contributed by atoms with Crippen LogP contribution in [0.4, 0.5) is 5.13 Å². The summed E-state index contributed by atoms with van der Waals surface area (Å²) in [6.07, 6.45) is 1.37. The monoisotopic (exact) mass is 429 g/mol. The van der Waals surface area contributed by atoms with Crippen LogP contribution in [0.3, 0.4) is 0 Å². The number of carbonyl (C=O) groups is 1. The molecule has 10 nitrogen and oxygen atoms in total. The van der Waals surface area contributed by atoms with Crippen molar-refractivity contribution in [1.82, 2.24) is 19.9 Å². The molecule has 2 aliphatic rings. The zero-order valence-corrected chi connectivity index (χ0v) is 16.8. The van der Waals surface area contributed by atoms with E-state index in [1.807, 2.05) is 18.2 Å². The minimum Gasteiger partial charge on any atom is -0.454 e. The number of rotatable bonds is 5. The standard InChI is InChI=1S/C19H19N5O5S/c25-15(20-8-12-1-2-13-14(7-12)29-11-28-13)9-24-10-21-17-16(18(24)26)30-19(22-17)23-3-5-27-6-4-23/h1-2,7,10H,3-6,8-9,11H2,(H,20,25). The van der Waals surface area contributed by atoms with E-state index < -0.39 is 0 Å². The number of aromatic nitrogens is 3. The van der Waals surface area contributed by atoms with Crippen molar-refractivity contribution in [2.75, 3.05) is 38.0 Å². The molecule has 5 rings (SSSR count). The highest BCUT2D eigenvalue weighted by Gasteiger charge is 2.19. The number of nitrogens with zero attached hydrogens (tertiary/aromatic N) is 4. The summed E-state index contributed by atoms with van der Waals surface area (Å²) in [7, 11) is 0. The lowest BCUT2D eigenvalue weighted by molar-refractivity contribution is -0.121. The molecule has 3 aromatic rings. The fourth-order valence-corrected chi connectivity index (χ4v) is 4.32. The quantitative estimate of drug-likeness (QED) is 0.633. The van der Waals surface area contributed by atoms with Crippen LogP contribution in [0.1, 0.15) is 5.56 Å². The molecule has 0 spiro atoms. The van der Waals surface area contributed by atoms with Gasteiger partial charge in [0.15, 0.2) is 22.3 Å². The van der Waals surface area contributed by atoms with Crippen LogP contribution in [0.2, 0.25) is 0 Å². The van der Waals surface area contributed by atoms with E-state index in [1.165, 1.54) is 22.2 Å². The molecule has 1 aromatic carbocycles. The summed E-state index contributed by atoms with van der Waals surface area (Å²) in [6.45, 7) is 3.15. The minimum atomic E-state index is -0.283. The lowest BCUT2D eigenvalue weighted by Crippen LogP contribution is -2.36.